The van der Waals surface area contributed by atoms with E-state index in [1.54, 1.807) is 0 Å². The van der Waals surface area contributed by atoms with Gasteiger partial charge in [-0.2, -0.15) is 0 Å². The van der Waals surface area contributed by atoms with Gasteiger partial charge in [-0.25, -0.2) is 4.39 Å². The minimum Gasteiger partial charge on any atom is -0.294 e. The third kappa shape index (κ3) is 3.03. The van der Waals surface area contributed by atoms with Gasteiger partial charge in [0.15, 0.2) is 5.78 Å². The highest BCUT2D eigenvalue weighted by atomic mass is 35.5. The predicted molar refractivity (Wildman–Crippen MR) is 59.8 cm³/mol. The van der Waals surface area contributed by atoms with Crippen LogP contribution in [0.25, 0.3) is 0 Å². The number of Topliss-reactive ketones (excluding diaryl/α,β-unsaturated/α-hetero) is 1. The van der Waals surface area contributed by atoms with Gasteiger partial charge in [-0.05, 0) is 24.6 Å². The molecule has 0 fully saturated rings. The van der Waals surface area contributed by atoms with Crippen molar-refractivity contribution in [2.75, 3.05) is 0 Å². The summed E-state index contributed by atoms with van der Waals surface area (Å²) < 4.78 is 13.4. The maximum Gasteiger partial charge on any atom is 0.168 e. The number of carbonyl (C=O) groups excluding carboxylic acids is 1. The largest absolute Gasteiger partial charge is 0.294 e. The Balaban J connectivity index is 2.91. The quantitative estimate of drug-likeness (QED) is 0.710. The van der Waals surface area contributed by atoms with Crippen molar-refractivity contribution in [3.63, 3.8) is 0 Å². The molecule has 0 spiro atoms. The molecule has 0 saturated heterocycles. The lowest BCUT2D eigenvalue weighted by Gasteiger charge is -2.09. The molecule has 0 bridgehead atoms. The minimum absolute atomic E-state index is 0.134. The lowest BCUT2D eigenvalue weighted by atomic mass is 9.95. The van der Waals surface area contributed by atoms with Crippen LogP contribution in [0.2, 0.25) is 5.02 Å². The summed E-state index contributed by atoms with van der Waals surface area (Å²) in [5, 5.41) is 0.312. The summed E-state index contributed by atoms with van der Waals surface area (Å²) in [4.78, 5) is 11.8. The molecule has 1 atom stereocenters. The van der Waals surface area contributed by atoms with Crippen molar-refractivity contribution in [1.29, 1.82) is 0 Å². The van der Waals surface area contributed by atoms with Crippen LogP contribution in [0.1, 0.15) is 37.0 Å². The van der Waals surface area contributed by atoms with Crippen molar-refractivity contribution < 1.29 is 9.18 Å². The van der Waals surface area contributed by atoms with Gasteiger partial charge >= 0.3 is 0 Å². The molecular weight excluding hydrogens is 215 g/mol. The molecule has 0 amide bonds. The van der Waals surface area contributed by atoms with E-state index >= 15 is 0 Å². The first kappa shape index (κ1) is 12.2. The van der Waals surface area contributed by atoms with Crippen molar-refractivity contribution in [3.8, 4) is 0 Å². The summed E-state index contributed by atoms with van der Waals surface area (Å²) in [5.41, 5.74) is 0.139. The Kier molecular flexibility index (Phi) is 4.28. The Morgan fingerprint density at radius 1 is 1.53 bits per heavy atom. The average Bonchev–Trinajstić information content (AvgIpc) is 2.17. The molecule has 82 valence electrons. The van der Waals surface area contributed by atoms with Crippen LogP contribution in [0, 0.1) is 11.7 Å². The van der Waals surface area contributed by atoms with Crippen molar-refractivity contribution in [2.45, 2.75) is 26.7 Å². The molecule has 1 unspecified atom stereocenters. The van der Waals surface area contributed by atoms with Gasteiger partial charge in [-0.1, -0.05) is 31.9 Å². The molecule has 0 aromatic heterocycles. The van der Waals surface area contributed by atoms with Crippen LogP contribution in [0.5, 0.6) is 0 Å². The van der Waals surface area contributed by atoms with Gasteiger partial charge in [-0.3, -0.25) is 4.79 Å². The van der Waals surface area contributed by atoms with E-state index in [1.165, 1.54) is 18.2 Å². The van der Waals surface area contributed by atoms with Crippen LogP contribution < -0.4 is 0 Å². The van der Waals surface area contributed by atoms with Crippen LogP contribution in [-0.2, 0) is 0 Å². The Hall–Kier alpha value is -0.890. The van der Waals surface area contributed by atoms with Gasteiger partial charge in [-0.15, -0.1) is 0 Å². The zero-order valence-corrected chi connectivity index (χ0v) is 9.64. The second-order valence-corrected chi connectivity index (χ2v) is 4.11. The SMILES string of the molecule is CCCC(C)C(=O)c1ccc(Cl)cc1F. The predicted octanol–water partition coefficient (Wildman–Crippen LogP) is 4.10. The van der Waals surface area contributed by atoms with Gasteiger partial charge in [0.1, 0.15) is 5.82 Å². The Labute approximate surface area is 94.3 Å². The van der Waals surface area contributed by atoms with Crippen molar-refractivity contribution >= 4 is 17.4 Å². The van der Waals surface area contributed by atoms with Crippen LogP contribution in [0.4, 0.5) is 4.39 Å². The smallest absolute Gasteiger partial charge is 0.168 e. The van der Waals surface area contributed by atoms with Crippen LogP contribution >= 0.6 is 11.6 Å². The van der Waals surface area contributed by atoms with E-state index in [2.05, 4.69) is 0 Å². The summed E-state index contributed by atoms with van der Waals surface area (Å²) in [6.07, 6.45) is 1.70. The molecule has 3 heteroatoms. The second kappa shape index (κ2) is 5.26. The third-order valence-electron chi connectivity index (χ3n) is 2.37. The molecule has 1 aromatic rings. The highest BCUT2D eigenvalue weighted by Gasteiger charge is 2.17. The zero-order valence-electron chi connectivity index (χ0n) is 8.89. The molecule has 0 heterocycles. The summed E-state index contributed by atoms with van der Waals surface area (Å²) >= 11 is 5.61. The van der Waals surface area contributed by atoms with E-state index in [-0.39, 0.29) is 17.3 Å². The molecule has 0 aliphatic rings. The van der Waals surface area contributed by atoms with Gasteiger partial charge < -0.3 is 0 Å². The van der Waals surface area contributed by atoms with E-state index in [1.807, 2.05) is 13.8 Å². The first-order valence-electron chi connectivity index (χ1n) is 5.05. The highest BCUT2D eigenvalue weighted by molar-refractivity contribution is 6.30. The summed E-state index contributed by atoms with van der Waals surface area (Å²) in [6, 6.07) is 4.16. The average molecular weight is 229 g/mol. The lowest BCUT2D eigenvalue weighted by molar-refractivity contribution is 0.0919. The van der Waals surface area contributed by atoms with E-state index in [9.17, 15) is 9.18 Å². The number of benzene rings is 1. The maximum atomic E-state index is 13.4. The van der Waals surface area contributed by atoms with Crippen LogP contribution in [0.3, 0.4) is 0 Å². The van der Waals surface area contributed by atoms with E-state index in [0.29, 0.717) is 5.02 Å². The lowest BCUT2D eigenvalue weighted by Crippen LogP contribution is -2.12. The summed E-state index contributed by atoms with van der Waals surface area (Å²) in [5.74, 6) is -0.813. The number of hydrogen-bond donors (Lipinski definition) is 0. The molecular formula is C12H14ClFO. The zero-order chi connectivity index (χ0) is 11.4. The van der Waals surface area contributed by atoms with Crippen molar-refractivity contribution in [3.05, 3.63) is 34.6 Å². The molecule has 1 nitrogen and oxygen atoms in total. The number of carbonyl (C=O) groups is 1. The molecule has 0 aliphatic carbocycles. The van der Waals surface area contributed by atoms with Crippen LogP contribution in [-0.4, -0.2) is 5.78 Å². The fourth-order valence-corrected chi connectivity index (χ4v) is 1.68. The van der Waals surface area contributed by atoms with Crippen molar-refractivity contribution in [1.82, 2.24) is 0 Å². The standard InChI is InChI=1S/C12H14ClFO/c1-3-4-8(2)12(15)10-6-5-9(13)7-11(10)14/h5-8H,3-4H2,1-2H3. The normalized spacial score (nSPS) is 12.5. The molecule has 1 rings (SSSR count). The third-order valence-corrected chi connectivity index (χ3v) is 2.60. The van der Waals surface area contributed by atoms with Gasteiger partial charge in [0.2, 0.25) is 0 Å². The Morgan fingerprint density at radius 2 is 2.20 bits per heavy atom. The van der Waals surface area contributed by atoms with E-state index < -0.39 is 5.82 Å². The maximum absolute atomic E-state index is 13.4. The topological polar surface area (TPSA) is 17.1 Å². The molecule has 0 radical (unpaired) electrons. The summed E-state index contributed by atoms with van der Waals surface area (Å²) in [6.45, 7) is 3.82. The number of rotatable bonds is 4. The highest BCUT2D eigenvalue weighted by Crippen LogP contribution is 2.19. The van der Waals surface area contributed by atoms with Gasteiger partial charge in [0, 0.05) is 10.9 Å². The van der Waals surface area contributed by atoms with Gasteiger partial charge in [0.05, 0.1) is 5.56 Å². The molecule has 0 aliphatic heterocycles. The number of ketones is 1. The Bertz CT molecular complexity index is 363. The Morgan fingerprint density at radius 3 is 2.73 bits per heavy atom. The molecule has 15 heavy (non-hydrogen) atoms. The molecule has 1 aromatic carbocycles. The number of halogens is 2. The van der Waals surface area contributed by atoms with E-state index in [4.69, 9.17) is 11.6 Å². The van der Waals surface area contributed by atoms with Gasteiger partial charge in [0.25, 0.3) is 0 Å². The van der Waals surface area contributed by atoms with E-state index in [0.717, 1.165) is 12.8 Å². The van der Waals surface area contributed by atoms with Crippen LogP contribution in [0.15, 0.2) is 18.2 Å². The molecule has 0 N–H and O–H groups in total. The fraction of sp³-hybridized carbons (Fsp3) is 0.417. The van der Waals surface area contributed by atoms with Crippen molar-refractivity contribution in [2.24, 2.45) is 5.92 Å². The first-order chi connectivity index (χ1) is 7.06. The minimum atomic E-state index is -0.532. The fourth-order valence-electron chi connectivity index (χ4n) is 1.52. The number of hydrogen-bond acceptors (Lipinski definition) is 1. The second-order valence-electron chi connectivity index (χ2n) is 3.68. The summed E-state index contributed by atoms with van der Waals surface area (Å²) in [7, 11) is 0. The monoisotopic (exact) mass is 228 g/mol. The first-order valence-corrected chi connectivity index (χ1v) is 5.43. The molecule has 0 saturated carbocycles.